The molecule has 2 aliphatic heterocycles. The summed E-state index contributed by atoms with van der Waals surface area (Å²) in [5.74, 6) is -0.105. The van der Waals surface area contributed by atoms with E-state index in [1.807, 2.05) is 32.0 Å². The van der Waals surface area contributed by atoms with Gasteiger partial charge in [-0.25, -0.2) is 9.97 Å². The Morgan fingerprint density at radius 2 is 1.89 bits per heavy atom. The average molecular weight is 368 g/mol. The van der Waals surface area contributed by atoms with Crippen LogP contribution in [0.5, 0.6) is 0 Å². The van der Waals surface area contributed by atoms with E-state index in [2.05, 4.69) is 20.2 Å². The molecule has 1 aromatic heterocycles. The summed E-state index contributed by atoms with van der Waals surface area (Å²) in [6.45, 7) is 6.80. The average Bonchev–Trinajstić information content (AvgIpc) is 3.12. The van der Waals surface area contributed by atoms with Crippen molar-refractivity contribution in [3.63, 3.8) is 0 Å². The number of amides is 1. The van der Waals surface area contributed by atoms with Crippen molar-refractivity contribution < 1.29 is 14.3 Å². The molecule has 7 heteroatoms. The monoisotopic (exact) mass is 368 g/mol. The maximum Gasteiger partial charge on any atom is 0.274 e. The predicted octanol–water partition coefficient (Wildman–Crippen LogP) is 2.69. The highest BCUT2D eigenvalue weighted by Gasteiger charge is 2.40. The van der Waals surface area contributed by atoms with Crippen molar-refractivity contribution >= 4 is 17.5 Å². The third kappa shape index (κ3) is 3.79. The summed E-state index contributed by atoms with van der Waals surface area (Å²) in [4.78, 5) is 23.5. The maximum atomic E-state index is 12.6. The largest absolute Gasteiger partial charge is 0.347 e. The van der Waals surface area contributed by atoms with E-state index in [1.54, 1.807) is 12.3 Å². The van der Waals surface area contributed by atoms with Crippen LogP contribution >= 0.6 is 0 Å². The molecule has 2 saturated heterocycles. The molecule has 142 valence electrons. The van der Waals surface area contributed by atoms with Crippen LogP contribution in [0.1, 0.15) is 34.5 Å². The quantitative estimate of drug-likeness (QED) is 0.898. The van der Waals surface area contributed by atoms with E-state index in [4.69, 9.17) is 9.47 Å². The van der Waals surface area contributed by atoms with E-state index in [-0.39, 0.29) is 5.91 Å². The van der Waals surface area contributed by atoms with E-state index >= 15 is 0 Å². The molecule has 0 bridgehead atoms. The molecule has 1 amide bonds. The SMILES string of the molecule is Cc1ccc(NC(=O)c2ccnc(N3CCC4(CC3)OCCO4)n2)c(C)c1. The van der Waals surface area contributed by atoms with Crippen LogP contribution in [-0.4, -0.2) is 48.0 Å². The van der Waals surface area contributed by atoms with Gasteiger partial charge in [-0.3, -0.25) is 4.79 Å². The van der Waals surface area contributed by atoms with Crippen molar-refractivity contribution in [1.29, 1.82) is 0 Å². The smallest absolute Gasteiger partial charge is 0.274 e. The molecule has 0 aliphatic carbocycles. The molecule has 0 saturated carbocycles. The van der Waals surface area contributed by atoms with Crippen LogP contribution in [0, 0.1) is 13.8 Å². The molecule has 3 heterocycles. The van der Waals surface area contributed by atoms with Crippen LogP contribution in [0.4, 0.5) is 11.6 Å². The fraction of sp³-hybridized carbons (Fsp3) is 0.450. The molecule has 7 nitrogen and oxygen atoms in total. The van der Waals surface area contributed by atoms with Gasteiger partial charge in [0.05, 0.1) is 13.2 Å². The Hall–Kier alpha value is -2.51. The second-order valence-electron chi connectivity index (χ2n) is 7.11. The number of carbonyl (C=O) groups is 1. The van der Waals surface area contributed by atoms with Gasteiger partial charge in [0.2, 0.25) is 5.95 Å². The van der Waals surface area contributed by atoms with Crippen LogP contribution in [0.25, 0.3) is 0 Å². The first-order chi connectivity index (χ1) is 13.0. The van der Waals surface area contributed by atoms with Crippen molar-refractivity contribution in [3.8, 4) is 0 Å². The van der Waals surface area contributed by atoms with Crippen molar-refractivity contribution in [2.24, 2.45) is 0 Å². The number of piperidine rings is 1. The summed E-state index contributed by atoms with van der Waals surface area (Å²) in [5, 5.41) is 2.94. The Balaban J connectivity index is 1.45. The van der Waals surface area contributed by atoms with Crippen LogP contribution in [0.15, 0.2) is 30.5 Å². The minimum atomic E-state index is -0.436. The number of hydrogen-bond donors (Lipinski definition) is 1. The van der Waals surface area contributed by atoms with Gasteiger partial charge >= 0.3 is 0 Å². The molecule has 27 heavy (non-hydrogen) atoms. The van der Waals surface area contributed by atoms with Gasteiger partial charge in [0.15, 0.2) is 5.79 Å². The lowest BCUT2D eigenvalue weighted by atomic mass is 10.0. The lowest BCUT2D eigenvalue weighted by Crippen LogP contribution is -2.45. The highest BCUT2D eigenvalue weighted by atomic mass is 16.7. The summed E-state index contributed by atoms with van der Waals surface area (Å²) in [5.41, 5.74) is 3.33. The fourth-order valence-corrected chi connectivity index (χ4v) is 3.60. The molecule has 2 aromatic rings. The summed E-state index contributed by atoms with van der Waals surface area (Å²) < 4.78 is 11.5. The highest BCUT2D eigenvalue weighted by molar-refractivity contribution is 6.03. The second kappa shape index (κ2) is 7.25. The van der Waals surface area contributed by atoms with Gasteiger partial charge in [0.1, 0.15) is 5.69 Å². The Labute approximate surface area is 158 Å². The number of aromatic nitrogens is 2. The number of aryl methyl sites for hydroxylation is 2. The Kier molecular flexibility index (Phi) is 4.80. The van der Waals surface area contributed by atoms with Crippen molar-refractivity contribution in [2.75, 3.05) is 36.5 Å². The van der Waals surface area contributed by atoms with Gasteiger partial charge < -0.3 is 19.7 Å². The topological polar surface area (TPSA) is 76.6 Å². The van der Waals surface area contributed by atoms with E-state index in [9.17, 15) is 4.79 Å². The molecule has 0 unspecified atom stereocenters. The number of hydrogen-bond acceptors (Lipinski definition) is 6. The number of carbonyl (C=O) groups excluding carboxylic acids is 1. The molecule has 2 aliphatic rings. The normalized spacial score (nSPS) is 18.7. The molecule has 0 atom stereocenters. The number of anilines is 2. The van der Waals surface area contributed by atoms with Gasteiger partial charge in [-0.15, -0.1) is 0 Å². The lowest BCUT2D eigenvalue weighted by molar-refractivity contribution is -0.169. The zero-order valence-electron chi connectivity index (χ0n) is 15.7. The van der Waals surface area contributed by atoms with Crippen molar-refractivity contribution in [2.45, 2.75) is 32.5 Å². The molecule has 1 spiro atoms. The number of nitrogens with one attached hydrogen (secondary N) is 1. The van der Waals surface area contributed by atoms with E-state index in [0.29, 0.717) is 24.9 Å². The molecular weight excluding hydrogens is 344 g/mol. The minimum Gasteiger partial charge on any atom is -0.347 e. The first-order valence-electron chi connectivity index (χ1n) is 9.29. The lowest BCUT2D eigenvalue weighted by Gasteiger charge is -2.37. The maximum absolute atomic E-state index is 12.6. The zero-order chi connectivity index (χ0) is 18.9. The zero-order valence-corrected chi connectivity index (χ0v) is 15.7. The number of benzene rings is 1. The van der Waals surface area contributed by atoms with Gasteiger partial charge in [0, 0.05) is 37.8 Å². The van der Waals surface area contributed by atoms with Crippen LogP contribution in [0.2, 0.25) is 0 Å². The summed E-state index contributed by atoms with van der Waals surface area (Å²) in [6.07, 6.45) is 3.18. The van der Waals surface area contributed by atoms with Crippen LogP contribution < -0.4 is 10.2 Å². The summed E-state index contributed by atoms with van der Waals surface area (Å²) in [6, 6.07) is 7.57. The first-order valence-corrected chi connectivity index (χ1v) is 9.29. The number of nitrogens with zero attached hydrogens (tertiary/aromatic N) is 3. The Morgan fingerprint density at radius 1 is 1.15 bits per heavy atom. The summed E-state index contributed by atoms with van der Waals surface area (Å²) in [7, 11) is 0. The third-order valence-corrected chi connectivity index (χ3v) is 5.13. The Morgan fingerprint density at radius 3 is 2.59 bits per heavy atom. The molecular formula is C20H24N4O3. The van der Waals surface area contributed by atoms with E-state index < -0.39 is 5.79 Å². The third-order valence-electron chi connectivity index (χ3n) is 5.13. The van der Waals surface area contributed by atoms with Crippen LogP contribution in [0.3, 0.4) is 0 Å². The van der Waals surface area contributed by atoms with Gasteiger partial charge in [-0.05, 0) is 31.5 Å². The summed E-state index contributed by atoms with van der Waals surface area (Å²) >= 11 is 0. The molecule has 0 radical (unpaired) electrons. The molecule has 1 N–H and O–H groups in total. The molecule has 2 fully saturated rings. The van der Waals surface area contributed by atoms with E-state index in [0.717, 1.165) is 42.7 Å². The van der Waals surface area contributed by atoms with Gasteiger partial charge in [-0.1, -0.05) is 17.7 Å². The molecule has 1 aromatic carbocycles. The highest BCUT2D eigenvalue weighted by Crippen LogP contribution is 2.32. The fourth-order valence-electron chi connectivity index (χ4n) is 3.60. The van der Waals surface area contributed by atoms with Gasteiger partial charge in [-0.2, -0.15) is 0 Å². The predicted molar refractivity (Wildman–Crippen MR) is 102 cm³/mol. The standard InChI is InChI=1S/C20H24N4O3/c1-14-3-4-16(15(2)13-14)22-18(25)17-5-8-21-19(23-17)24-9-6-20(7-10-24)26-11-12-27-20/h3-5,8,13H,6-7,9-12H2,1-2H3,(H,22,25). The molecule has 4 rings (SSSR count). The number of ether oxygens (including phenoxy) is 2. The van der Waals surface area contributed by atoms with Crippen molar-refractivity contribution in [3.05, 3.63) is 47.3 Å². The van der Waals surface area contributed by atoms with Crippen LogP contribution in [-0.2, 0) is 9.47 Å². The van der Waals surface area contributed by atoms with Crippen molar-refractivity contribution in [1.82, 2.24) is 9.97 Å². The Bertz CT molecular complexity index is 839. The second-order valence-corrected chi connectivity index (χ2v) is 7.11. The van der Waals surface area contributed by atoms with E-state index in [1.165, 1.54) is 0 Å². The van der Waals surface area contributed by atoms with Gasteiger partial charge in [0.25, 0.3) is 5.91 Å². The number of rotatable bonds is 3. The minimum absolute atomic E-state index is 0.235. The first kappa shape index (κ1) is 17.9.